The minimum atomic E-state index is -0.362. The number of rotatable bonds is 4. The molecule has 4 amide bonds. The molecule has 3 heterocycles. The number of hydrogen-bond acceptors (Lipinski definition) is 4. The zero-order valence-corrected chi connectivity index (χ0v) is 18.3. The van der Waals surface area contributed by atoms with Crippen LogP contribution in [0.15, 0.2) is 30.5 Å². The average molecular weight is 445 g/mol. The predicted molar refractivity (Wildman–Crippen MR) is 116 cm³/mol. The van der Waals surface area contributed by atoms with Crippen molar-refractivity contribution < 1.29 is 14.4 Å². The molecule has 31 heavy (non-hydrogen) atoms. The van der Waals surface area contributed by atoms with Crippen molar-refractivity contribution in [3.05, 3.63) is 47.0 Å². The van der Waals surface area contributed by atoms with Crippen LogP contribution in [0.2, 0.25) is 5.02 Å². The molecule has 0 saturated carbocycles. The maximum absolute atomic E-state index is 12.7. The highest BCUT2D eigenvalue weighted by Crippen LogP contribution is 2.26. The summed E-state index contributed by atoms with van der Waals surface area (Å²) in [6.45, 7) is 3.50. The van der Waals surface area contributed by atoms with Gasteiger partial charge in [0.15, 0.2) is 0 Å². The number of benzene rings is 1. The lowest BCUT2D eigenvalue weighted by atomic mass is 10.0. The zero-order valence-electron chi connectivity index (χ0n) is 17.5. The van der Waals surface area contributed by atoms with E-state index < -0.39 is 0 Å². The monoisotopic (exact) mass is 444 g/mol. The van der Waals surface area contributed by atoms with Gasteiger partial charge in [0, 0.05) is 36.9 Å². The van der Waals surface area contributed by atoms with Crippen molar-refractivity contribution in [3.63, 3.8) is 0 Å². The highest BCUT2D eigenvalue weighted by molar-refractivity contribution is 6.30. The third-order valence-electron chi connectivity index (χ3n) is 5.85. The fraction of sp³-hybridized carbons (Fsp3) is 0.429. The molecule has 1 saturated heterocycles. The molecule has 164 valence electrons. The molecular formula is C21H25ClN6O3. The molecule has 1 N–H and O–H groups in total. The van der Waals surface area contributed by atoms with Gasteiger partial charge in [-0.25, -0.2) is 14.6 Å². The molecule has 0 unspecified atom stereocenters. The molecule has 1 fully saturated rings. The molecule has 10 heteroatoms. The fourth-order valence-electron chi connectivity index (χ4n) is 4.07. The van der Waals surface area contributed by atoms with E-state index in [0.29, 0.717) is 36.2 Å². The van der Waals surface area contributed by atoms with E-state index in [1.165, 1.54) is 4.90 Å². The standard InChI is InChI=1S/C21H25ClN6O3/c1-14-23-11-18-12-27(21(31)28(14)18)17-7-9-26(10-8-17)19(29)13-25(2)20(30)24-16-5-3-15(22)4-6-16/h3-6,11,17H,7-10,12-13H2,1-2H3,(H,24,30). The molecule has 9 nitrogen and oxygen atoms in total. The van der Waals surface area contributed by atoms with E-state index in [-0.39, 0.29) is 30.6 Å². The number of aryl methyl sites for hydroxylation is 1. The van der Waals surface area contributed by atoms with Crippen LogP contribution in [0, 0.1) is 6.92 Å². The fourth-order valence-corrected chi connectivity index (χ4v) is 4.20. The number of amides is 4. The average Bonchev–Trinajstić information content (AvgIpc) is 3.29. The van der Waals surface area contributed by atoms with Crippen LogP contribution in [-0.2, 0) is 11.3 Å². The van der Waals surface area contributed by atoms with Crippen molar-refractivity contribution in [1.29, 1.82) is 0 Å². The first-order chi connectivity index (χ1) is 14.8. The molecule has 0 spiro atoms. The summed E-state index contributed by atoms with van der Waals surface area (Å²) in [5, 5.41) is 3.33. The van der Waals surface area contributed by atoms with Crippen molar-refractivity contribution in [2.24, 2.45) is 0 Å². The highest BCUT2D eigenvalue weighted by atomic mass is 35.5. The van der Waals surface area contributed by atoms with E-state index in [0.717, 1.165) is 18.5 Å². The van der Waals surface area contributed by atoms with Crippen LogP contribution in [0.3, 0.4) is 0 Å². The Morgan fingerprint density at radius 3 is 2.55 bits per heavy atom. The first-order valence-electron chi connectivity index (χ1n) is 10.2. The molecule has 1 aromatic heterocycles. The molecule has 0 bridgehead atoms. The number of carbonyl (C=O) groups excluding carboxylic acids is 3. The van der Waals surface area contributed by atoms with Gasteiger partial charge >= 0.3 is 12.1 Å². The Bertz CT molecular complexity index is 997. The van der Waals surface area contributed by atoms with Crippen LogP contribution in [0.25, 0.3) is 0 Å². The number of carbonyl (C=O) groups is 3. The highest BCUT2D eigenvalue weighted by Gasteiger charge is 2.36. The zero-order chi connectivity index (χ0) is 22.1. The summed E-state index contributed by atoms with van der Waals surface area (Å²) in [6.07, 6.45) is 3.18. The Hall–Kier alpha value is -3.07. The number of anilines is 1. The summed E-state index contributed by atoms with van der Waals surface area (Å²) in [6, 6.07) is 6.48. The summed E-state index contributed by atoms with van der Waals surface area (Å²) >= 11 is 5.85. The van der Waals surface area contributed by atoms with Gasteiger partial charge in [-0.1, -0.05) is 11.6 Å². The second-order valence-corrected chi connectivity index (χ2v) is 8.38. The summed E-state index contributed by atoms with van der Waals surface area (Å²) < 4.78 is 1.66. The number of nitrogens with one attached hydrogen (secondary N) is 1. The van der Waals surface area contributed by atoms with E-state index in [1.807, 2.05) is 11.8 Å². The van der Waals surface area contributed by atoms with Gasteiger partial charge in [0.05, 0.1) is 18.4 Å². The summed E-state index contributed by atoms with van der Waals surface area (Å²) in [7, 11) is 1.59. The number of likely N-dealkylation sites (tertiary alicyclic amines) is 1. The number of piperidine rings is 1. The lowest BCUT2D eigenvalue weighted by Crippen LogP contribution is -2.50. The van der Waals surface area contributed by atoms with Crippen molar-refractivity contribution >= 4 is 35.3 Å². The van der Waals surface area contributed by atoms with Crippen molar-refractivity contribution in [3.8, 4) is 0 Å². The maximum Gasteiger partial charge on any atom is 0.330 e. The van der Waals surface area contributed by atoms with Gasteiger partial charge in [-0.3, -0.25) is 9.36 Å². The Morgan fingerprint density at radius 2 is 1.90 bits per heavy atom. The van der Waals surface area contributed by atoms with E-state index in [1.54, 1.807) is 47.0 Å². The number of fused-ring (bicyclic) bond motifs is 1. The first kappa shape index (κ1) is 21.2. The number of nitrogens with zero attached hydrogens (tertiary/aromatic N) is 5. The predicted octanol–water partition coefficient (Wildman–Crippen LogP) is 2.78. The van der Waals surface area contributed by atoms with Gasteiger partial charge in [-0.05, 0) is 44.0 Å². The largest absolute Gasteiger partial charge is 0.341 e. The summed E-state index contributed by atoms with van der Waals surface area (Å²) in [5.41, 5.74) is 1.52. The molecule has 4 rings (SSSR count). The van der Waals surface area contributed by atoms with Gasteiger partial charge in [-0.15, -0.1) is 0 Å². The second-order valence-electron chi connectivity index (χ2n) is 7.95. The molecule has 2 aliphatic heterocycles. The van der Waals surface area contributed by atoms with Gasteiger partial charge < -0.3 is 20.0 Å². The number of likely N-dealkylation sites (N-methyl/N-ethyl adjacent to an activating group) is 1. The molecule has 1 aromatic carbocycles. The number of urea groups is 1. The number of hydrogen-bond donors (Lipinski definition) is 1. The first-order valence-corrected chi connectivity index (χ1v) is 10.6. The van der Waals surface area contributed by atoms with E-state index in [4.69, 9.17) is 11.6 Å². The maximum atomic E-state index is 12.7. The molecule has 0 atom stereocenters. The molecular weight excluding hydrogens is 420 g/mol. The van der Waals surface area contributed by atoms with E-state index >= 15 is 0 Å². The van der Waals surface area contributed by atoms with Crippen LogP contribution in [0.4, 0.5) is 15.3 Å². The van der Waals surface area contributed by atoms with E-state index in [2.05, 4.69) is 10.3 Å². The van der Waals surface area contributed by atoms with Crippen molar-refractivity contribution in [2.45, 2.75) is 32.4 Å². The van der Waals surface area contributed by atoms with Crippen LogP contribution >= 0.6 is 11.6 Å². The lowest BCUT2D eigenvalue weighted by Gasteiger charge is -2.36. The minimum absolute atomic E-state index is 0.0109. The number of halogens is 1. The van der Waals surface area contributed by atoms with Gasteiger partial charge in [-0.2, -0.15) is 0 Å². The van der Waals surface area contributed by atoms with Gasteiger partial charge in [0.2, 0.25) is 5.91 Å². The van der Waals surface area contributed by atoms with Crippen molar-refractivity contribution in [1.82, 2.24) is 24.3 Å². The quantitative estimate of drug-likeness (QED) is 0.785. The summed E-state index contributed by atoms with van der Waals surface area (Å²) in [4.78, 5) is 46.9. The SMILES string of the molecule is Cc1ncc2n1C(=O)N(C1CCN(C(=O)CN(C)C(=O)Nc3ccc(Cl)cc3)CC1)C2. The lowest BCUT2D eigenvalue weighted by molar-refractivity contribution is -0.132. The number of aromatic nitrogens is 2. The summed E-state index contributed by atoms with van der Waals surface area (Å²) in [5.74, 6) is 0.598. The van der Waals surface area contributed by atoms with Crippen LogP contribution in [0.5, 0.6) is 0 Å². The van der Waals surface area contributed by atoms with Crippen LogP contribution in [-0.4, -0.2) is 74.9 Å². The molecule has 2 aromatic rings. The number of imidazole rings is 1. The van der Waals surface area contributed by atoms with E-state index in [9.17, 15) is 14.4 Å². The third kappa shape index (κ3) is 4.36. The van der Waals surface area contributed by atoms with Crippen LogP contribution in [0.1, 0.15) is 24.4 Å². The molecule has 2 aliphatic rings. The van der Waals surface area contributed by atoms with Gasteiger partial charge in [0.25, 0.3) is 0 Å². The molecule has 0 radical (unpaired) electrons. The normalized spacial score (nSPS) is 16.4. The topological polar surface area (TPSA) is 90.8 Å². The van der Waals surface area contributed by atoms with Gasteiger partial charge in [0.1, 0.15) is 12.4 Å². The Labute approximate surface area is 185 Å². The van der Waals surface area contributed by atoms with Crippen molar-refractivity contribution in [2.75, 3.05) is 32.0 Å². The van der Waals surface area contributed by atoms with Crippen LogP contribution < -0.4 is 5.32 Å². The minimum Gasteiger partial charge on any atom is -0.341 e. The second kappa shape index (κ2) is 8.58. The Kier molecular flexibility index (Phi) is 5.86. The molecule has 0 aliphatic carbocycles. The third-order valence-corrected chi connectivity index (χ3v) is 6.11. The Morgan fingerprint density at radius 1 is 1.23 bits per heavy atom. The smallest absolute Gasteiger partial charge is 0.330 e. The Balaban J connectivity index is 1.26.